The van der Waals surface area contributed by atoms with E-state index in [1.807, 2.05) is 24.3 Å². The van der Waals surface area contributed by atoms with E-state index in [0.717, 1.165) is 10.5 Å². The van der Waals surface area contributed by atoms with Gasteiger partial charge in [-0.1, -0.05) is 12.1 Å². The molecule has 29 heavy (non-hydrogen) atoms. The molecular weight excluding hydrogens is 382 g/mol. The summed E-state index contributed by atoms with van der Waals surface area (Å²) in [6.07, 6.45) is 0.516. The first-order valence-corrected chi connectivity index (χ1v) is 9.85. The maximum Gasteiger partial charge on any atom is 0.266 e. The third kappa shape index (κ3) is 4.86. The van der Waals surface area contributed by atoms with Gasteiger partial charge in [0.25, 0.3) is 5.92 Å². The molecule has 2 heterocycles. The first-order chi connectivity index (χ1) is 13.8. The molecule has 160 valence electrons. The third-order valence-corrected chi connectivity index (χ3v) is 5.72. The number of piperidine rings is 2. The van der Waals surface area contributed by atoms with Gasteiger partial charge >= 0.3 is 0 Å². The van der Waals surface area contributed by atoms with Gasteiger partial charge in [-0.3, -0.25) is 9.59 Å². The normalized spacial score (nSPS) is 24.1. The SMILES string of the molecule is COCCC(=O)N1CC(F)(F)CC2(CCCN(Cc3cccc(OC)c3)C2=O)C1. The van der Waals surface area contributed by atoms with Crippen LogP contribution in [0.2, 0.25) is 0 Å². The van der Waals surface area contributed by atoms with Crippen molar-refractivity contribution < 1.29 is 27.8 Å². The van der Waals surface area contributed by atoms with Crippen LogP contribution < -0.4 is 4.74 Å². The molecule has 6 nitrogen and oxygen atoms in total. The van der Waals surface area contributed by atoms with E-state index in [2.05, 4.69) is 0 Å². The zero-order valence-electron chi connectivity index (χ0n) is 17.0. The lowest BCUT2D eigenvalue weighted by molar-refractivity contribution is -0.175. The number of halogens is 2. The lowest BCUT2D eigenvalue weighted by Gasteiger charge is -2.49. The highest BCUT2D eigenvalue weighted by Gasteiger charge is 2.55. The lowest BCUT2D eigenvalue weighted by atomic mass is 9.71. The number of rotatable bonds is 6. The van der Waals surface area contributed by atoms with E-state index in [9.17, 15) is 18.4 Å². The first kappa shape index (κ1) is 21.5. The van der Waals surface area contributed by atoms with Gasteiger partial charge in [-0.25, -0.2) is 8.78 Å². The number of benzene rings is 1. The fourth-order valence-corrected chi connectivity index (χ4v) is 4.44. The molecule has 0 bridgehead atoms. The zero-order chi connectivity index (χ0) is 21.1. The van der Waals surface area contributed by atoms with Crippen LogP contribution in [0, 0.1) is 5.41 Å². The Bertz CT molecular complexity index is 758. The Morgan fingerprint density at radius 3 is 2.76 bits per heavy atom. The molecule has 2 aliphatic rings. The number of nitrogens with zero attached hydrogens (tertiary/aromatic N) is 2. The number of hydrogen-bond acceptors (Lipinski definition) is 4. The smallest absolute Gasteiger partial charge is 0.266 e. The molecule has 0 aromatic heterocycles. The van der Waals surface area contributed by atoms with Crippen LogP contribution in [0.1, 0.15) is 31.2 Å². The van der Waals surface area contributed by atoms with Crippen molar-refractivity contribution in [1.82, 2.24) is 9.80 Å². The summed E-state index contributed by atoms with van der Waals surface area (Å²) in [6.45, 7) is 0.421. The van der Waals surface area contributed by atoms with Crippen molar-refractivity contribution in [2.45, 2.75) is 38.2 Å². The number of carbonyl (C=O) groups is 2. The van der Waals surface area contributed by atoms with Crippen LogP contribution in [0.15, 0.2) is 24.3 Å². The van der Waals surface area contributed by atoms with Gasteiger partial charge in [0, 0.05) is 33.2 Å². The molecular formula is C21H28F2N2O4. The van der Waals surface area contributed by atoms with Crippen LogP contribution in [0.4, 0.5) is 8.78 Å². The fourth-order valence-electron chi connectivity index (χ4n) is 4.44. The predicted octanol–water partition coefficient (Wildman–Crippen LogP) is 2.71. The summed E-state index contributed by atoms with van der Waals surface area (Å²) in [5.74, 6) is -3.10. The Hall–Kier alpha value is -2.22. The lowest BCUT2D eigenvalue weighted by Crippen LogP contribution is -2.61. The maximum absolute atomic E-state index is 14.6. The highest BCUT2D eigenvalue weighted by Crippen LogP contribution is 2.45. The Morgan fingerprint density at radius 2 is 2.03 bits per heavy atom. The van der Waals surface area contributed by atoms with E-state index >= 15 is 0 Å². The van der Waals surface area contributed by atoms with Gasteiger partial charge in [0.05, 0.1) is 32.1 Å². The number of hydrogen-bond donors (Lipinski definition) is 0. The summed E-state index contributed by atoms with van der Waals surface area (Å²) in [5, 5.41) is 0. The number of carbonyl (C=O) groups excluding carboxylic acids is 2. The average Bonchev–Trinajstić information content (AvgIpc) is 2.68. The number of methoxy groups -OCH3 is 2. The van der Waals surface area contributed by atoms with Crippen LogP contribution in [0.25, 0.3) is 0 Å². The second kappa shape index (κ2) is 8.65. The molecule has 8 heteroatoms. The Morgan fingerprint density at radius 1 is 1.24 bits per heavy atom. The minimum Gasteiger partial charge on any atom is -0.497 e. The van der Waals surface area contributed by atoms with Gasteiger partial charge in [0.15, 0.2) is 0 Å². The molecule has 0 aliphatic carbocycles. The molecule has 0 saturated carbocycles. The molecule has 2 amide bonds. The predicted molar refractivity (Wildman–Crippen MR) is 103 cm³/mol. The van der Waals surface area contributed by atoms with Crippen molar-refractivity contribution in [3.63, 3.8) is 0 Å². The van der Waals surface area contributed by atoms with Gasteiger partial charge in [-0.05, 0) is 30.5 Å². The Balaban J connectivity index is 1.79. The van der Waals surface area contributed by atoms with Crippen molar-refractivity contribution in [3.8, 4) is 5.75 Å². The van der Waals surface area contributed by atoms with E-state index in [4.69, 9.17) is 9.47 Å². The molecule has 2 fully saturated rings. The fraction of sp³-hybridized carbons (Fsp3) is 0.619. The molecule has 0 radical (unpaired) electrons. The summed E-state index contributed by atoms with van der Waals surface area (Å²) in [6, 6.07) is 7.37. The monoisotopic (exact) mass is 410 g/mol. The molecule has 1 unspecified atom stereocenters. The number of ether oxygens (including phenoxy) is 2. The van der Waals surface area contributed by atoms with Crippen LogP contribution in [-0.4, -0.2) is 68.0 Å². The molecule has 0 N–H and O–H groups in total. The van der Waals surface area contributed by atoms with Crippen LogP contribution in [0.3, 0.4) is 0 Å². The average molecular weight is 410 g/mol. The van der Waals surface area contributed by atoms with Crippen molar-refractivity contribution in [1.29, 1.82) is 0 Å². The molecule has 1 aromatic carbocycles. The largest absolute Gasteiger partial charge is 0.497 e. The number of likely N-dealkylation sites (tertiary alicyclic amines) is 2. The summed E-state index contributed by atoms with van der Waals surface area (Å²) in [4.78, 5) is 28.5. The first-order valence-electron chi connectivity index (χ1n) is 9.85. The van der Waals surface area contributed by atoms with Gasteiger partial charge in [0.1, 0.15) is 5.75 Å². The molecule has 2 saturated heterocycles. The highest BCUT2D eigenvalue weighted by atomic mass is 19.3. The van der Waals surface area contributed by atoms with Crippen LogP contribution >= 0.6 is 0 Å². The van der Waals surface area contributed by atoms with Gasteiger partial charge in [-0.2, -0.15) is 0 Å². The standard InChI is InChI=1S/C21H28F2N2O4/c1-28-10-7-18(26)25-14-20(13-21(22,23)15-25)8-4-9-24(19(20)27)12-16-5-3-6-17(11-16)29-2/h3,5-6,11H,4,7-10,12-15H2,1-2H3. The number of alkyl halides is 2. The zero-order valence-corrected chi connectivity index (χ0v) is 17.0. The summed E-state index contributed by atoms with van der Waals surface area (Å²) in [7, 11) is 3.03. The topological polar surface area (TPSA) is 59.1 Å². The number of amides is 2. The summed E-state index contributed by atoms with van der Waals surface area (Å²) >= 11 is 0. The highest BCUT2D eigenvalue weighted by molar-refractivity contribution is 5.85. The summed E-state index contributed by atoms with van der Waals surface area (Å²) in [5.41, 5.74) is -0.355. The van der Waals surface area contributed by atoms with E-state index in [-0.39, 0.29) is 25.5 Å². The van der Waals surface area contributed by atoms with E-state index in [1.54, 1.807) is 12.0 Å². The Kier molecular flexibility index (Phi) is 6.41. The molecule has 3 rings (SSSR count). The molecule has 1 spiro atoms. The van der Waals surface area contributed by atoms with Crippen molar-refractivity contribution in [2.75, 3.05) is 40.5 Å². The third-order valence-electron chi connectivity index (χ3n) is 5.72. The second-order valence-corrected chi connectivity index (χ2v) is 7.99. The van der Waals surface area contributed by atoms with Crippen LogP contribution in [0.5, 0.6) is 5.75 Å². The van der Waals surface area contributed by atoms with Gasteiger partial charge in [0.2, 0.25) is 11.8 Å². The second-order valence-electron chi connectivity index (χ2n) is 7.99. The van der Waals surface area contributed by atoms with E-state index in [1.165, 1.54) is 7.11 Å². The minimum atomic E-state index is -3.09. The molecule has 2 aliphatic heterocycles. The van der Waals surface area contributed by atoms with E-state index < -0.39 is 30.2 Å². The van der Waals surface area contributed by atoms with Gasteiger partial charge in [-0.15, -0.1) is 0 Å². The molecule has 1 atom stereocenters. The minimum absolute atomic E-state index is 0.0321. The molecule has 1 aromatic rings. The van der Waals surface area contributed by atoms with E-state index in [0.29, 0.717) is 31.7 Å². The van der Waals surface area contributed by atoms with Crippen molar-refractivity contribution in [2.24, 2.45) is 5.41 Å². The Labute approximate surface area is 169 Å². The quantitative estimate of drug-likeness (QED) is 0.724. The summed E-state index contributed by atoms with van der Waals surface area (Å²) < 4.78 is 39.3. The van der Waals surface area contributed by atoms with Crippen LogP contribution in [-0.2, 0) is 20.9 Å². The maximum atomic E-state index is 14.6. The van der Waals surface area contributed by atoms with Crippen molar-refractivity contribution in [3.05, 3.63) is 29.8 Å². The van der Waals surface area contributed by atoms with Crippen molar-refractivity contribution >= 4 is 11.8 Å². The van der Waals surface area contributed by atoms with Gasteiger partial charge < -0.3 is 19.3 Å².